The highest BCUT2D eigenvalue weighted by molar-refractivity contribution is 7.99. The zero-order valence-electron chi connectivity index (χ0n) is 18.5. The molecule has 2 aromatic rings. The highest BCUT2D eigenvalue weighted by Crippen LogP contribution is 2.31. The van der Waals surface area contributed by atoms with E-state index in [1.165, 1.54) is 44.4 Å². The fourth-order valence-electron chi connectivity index (χ4n) is 3.66. The van der Waals surface area contributed by atoms with Crippen molar-refractivity contribution in [1.82, 2.24) is 14.9 Å². The number of ether oxygens (including phenoxy) is 2. The van der Waals surface area contributed by atoms with Crippen LogP contribution in [0.5, 0.6) is 11.5 Å². The number of nitriles is 1. The maximum Gasteiger partial charge on any atom is 0.262 e. The Kier molecular flexibility index (Phi) is 8.56. The van der Waals surface area contributed by atoms with Crippen LogP contribution in [0.25, 0.3) is 10.9 Å². The minimum atomic E-state index is -0.201. The van der Waals surface area contributed by atoms with E-state index in [2.05, 4.69) is 11.4 Å². The Morgan fingerprint density at radius 3 is 2.75 bits per heavy atom. The first-order valence-electron chi connectivity index (χ1n) is 10.7. The molecule has 0 unspecified atom stereocenters. The molecule has 0 aliphatic heterocycles. The number of carbonyl (C=O) groups excluding carboxylic acids is 1. The number of allylic oxidation sites excluding steroid dienone is 2. The number of methoxy groups -OCH3 is 2. The second kappa shape index (κ2) is 11.6. The molecule has 0 bridgehead atoms. The minimum Gasteiger partial charge on any atom is -0.493 e. The molecule has 0 saturated heterocycles. The van der Waals surface area contributed by atoms with Gasteiger partial charge in [-0.15, -0.1) is 0 Å². The third-order valence-electron chi connectivity index (χ3n) is 5.36. The molecule has 1 aromatic carbocycles. The van der Waals surface area contributed by atoms with Crippen LogP contribution in [-0.2, 0) is 11.3 Å². The molecule has 32 heavy (non-hydrogen) atoms. The molecular weight excluding hydrogens is 428 g/mol. The summed E-state index contributed by atoms with van der Waals surface area (Å²) in [5, 5.41) is 12.3. The van der Waals surface area contributed by atoms with E-state index in [0.717, 1.165) is 19.3 Å². The molecule has 1 amide bonds. The fourth-order valence-corrected chi connectivity index (χ4v) is 4.52. The number of hydrogen-bond acceptors (Lipinski definition) is 7. The standard InChI is InChI=1S/C23H28N4O4S/c1-30-19-13-17-18(14-20(19)31-2)26-23(32-15-21(28)25-11-6-10-24)27(22(17)29)12-9-16-7-4-3-5-8-16/h7,13-14H,3-6,8-9,11-12,15H2,1-2H3,(H,25,28). The van der Waals surface area contributed by atoms with Gasteiger partial charge in [-0.05, 0) is 38.2 Å². The predicted octanol–water partition coefficient (Wildman–Crippen LogP) is 3.43. The lowest BCUT2D eigenvalue weighted by Gasteiger charge is -2.17. The predicted molar refractivity (Wildman–Crippen MR) is 124 cm³/mol. The molecule has 1 aromatic heterocycles. The van der Waals surface area contributed by atoms with Crippen LogP contribution in [0.3, 0.4) is 0 Å². The first-order valence-corrected chi connectivity index (χ1v) is 11.7. The van der Waals surface area contributed by atoms with Crippen LogP contribution >= 0.6 is 11.8 Å². The van der Waals surface area contributed by atoms with Crippen molar-refractivity contribution in [3.05, 3.63) is 34.1 Å². The van der Waals surface area contributed by atoms with Gasteiger partial charge in [0.2, 0.25) is 5.91 Å². The number of fused-ring (bicyclic) bond motifs is 1. The van der Waals surface area contributed by atoms with Gasteiger partial charge in [-0.1, -0.05) is 23.4 Å². The third kappa shape index (κ3) is 5.82. The molecule has 1 N–H and O–H groups in total. The Morgan fingerprint density at radius 1 is 1.28 bits per heavy atom. The normalized spacial score (nSPS) is 13.3. The van der Waals surface area contributed by atoms with Gasteiger partial charge >= 0.3 is 0 Å². The van der Waals surface area contributed by atoms with Crippen LogP contribution in [0.2, 0.25) is 0 Å². The summed E-state index contributed by atoms with van der Waals surface area (Å²) in [5.74, 6) is 0.868. The van der Waals surface area contributed by atoms with Gasteiger partial charge in [0.05, 0.1) is 43.4 Å². The number of nitrogens with one attached hydrogen (secondary N) is 1. The summed E-state index contributed by atoms with van der Waals surface area (Å²) in [6, 6.07) is 5.33. The molecule has 0 saturated carbocycles. The number of benzene rings is 1. The van der Waals surface area contributed by atoms with Crippen LogP contribution in [0.1, 0.15) is 38.5 Å². The largest absolute Gasteiger partial charge is 0.493 e. The van der Waals surface area contributed by atoms with E-state index in [-0.39, 0.29) is 23.6 Å². The second-order valence-corrected chi connectivity index (χ2v) is 8.42. The van der Waals surface area contributed by atoms with Gasteiger partial charge in [-0.3, -0.25) is 14.2 Å². The lowest BCUT2D eigenvalue weighted by molar-refractivity contribution is -0.118. The minimum absolute atomic E-state index is 0.110. The van der Waals surface area contributed by atoms with Gasteiger partial charge in [-0.25, -0.2) is 4.98 Å². The number of rotatable bonds is 10. The van der Waals surface area contributed by atoms with E-state index in [9.17, 15) is 9.59 Å². The highest BCUT2D eigenvalue weighted by Gasteiger charge is 2.17. The van der Waals surface area contributed by atoms with Crippen molar-refractivity contribution in [1.29, 1.82) is 5.26 Å². The Morgan fingerprint density at radius 2 is 2.06 bits per heavy atom. The third-order valence-corrected chi connectivity index (χ3v) is 6.33. The molecule has 1 heterocycles. The Bertz CT molecular complexity index is 1100. The molecule has 0 radical (unpaired) electrons. The summed E-state index contributed by atoms with van der Waals surface area (Å²) in [5.41, 5.74) is 1.69. The van der Waals surface area contributed by atoms with Gasteiger partial charge in [0, 0.05) is 19.2 Å². The summed E-state index contributed by atoms with van der Waals surface area (Å²) in [6.07, 6.45) is 7.84. The fraction of sp³-hybridized carbons (Fsp3) is 0.478. The molecule has 0 atom stereocenters. The average Bonchev–Trinajstić information content (AvgIpc) is 2.82. The second-order valence-electron chi connectivity index (χ2n) is 7.48. The first kappa shape index (κ1) is 23.7. The Labute approximate surface area is 191 Å². The van der Waals surface area contributed by atoms with E-state index >= 15 is 0 Å². The van der Waals surface area contributed by atoms with Crippen LogP contribution in [0.4, 0.5) is 0 Å². The molecule has 170 valence electrons. The van der Waals surface area contributed by atoms with Crippen LogP contribution in [0.15, 0.2) is 33.7 Å². The van der Waals surface area contributed by atoms with Crippen LogP contribution < -0.4 is 20.3 Å². The SMILES string of the molecule is COc1cc2nc(SCC(=O)NCCC#N)n(CCC3=CCCCC3)c(=O)c2cc1OC. The number of hydrogen-bond donors (Lipinski definition) is 1. The lowest BCUT2D eigenvalue weighted by atomic mass is 9.97. The van der Waals surface area contributed by atoms with Gasteiger partial charge in [0.1, 0.15) is 0 Å². The van der Waals surface area contributed by atoms with Crippen molar-refractivity contribution in [3.63, 3.8) is 0 Å². The zero-order valence-corrected chi connectivity index (χ0v) is 19.3. The number of carbonyl (C=O) groups is 1. The Hall–Kier alpha value is -2.99. The first-order chi connectivity index (χ1) is 15.6. The topological polar surface area (TPSA) is 106 Å². The summed E-state index contributed by atoms with van der Waals surface area (Å²) >= 11 is 1.22. The highest BCUT2D eigenvalue weighted by atomic mass is 32.2. The monoisotopic (exact) mass is 456 g/mol. The van der Waals surface area contributed by atoms with E-state index in [4.69, 9.17) is 19.7 Å². The molecule has 3 rings (SSSR count). The Balaban J connectivity index is 1.93. The smallest absolute Gasteiger partial charge is 0.262 e. The summed E-state index contributed by atoms with van der Waals surface area (Å²) in [4.78, 5) is 30.2. The van der Waals surface area contributed by atoms with Gasteiger partial charge < -0.3 is 14.8 Å². The van der Waals surface area contributed by atoms with Crippen LogP contribution in [0, 0.1) is 11.3 Å². The van der Waals surface area contributed by atoms with E-state index in [1.807, 2.05) is 6.07 Å². The van der Waals surface area contributed by atoms with Crippen molar-refractivity contribution in [2.45, 2.75) is 50.2 Å². The molecule has 9 heteroatoms. The van der Waals surface area contributed by atoms with E-state index in [1.54, 1.807) is 16.7 Å². The zero-order chi connectivity index (χ0) is 22.9. The number of nitrogens with zero attached hydrogens (tertiary/aromatic N) is 3. The molecule has 0 spiro atoms. The average molecular weight is 457 g/mol. The quantitative estimate of drug-likeness (QED) is 0.253. The van der Waals surface area contributed by atoms with Crippen molar-refractivity contribution < 1.29 is 14.3 Å². The number of aromatic nitrogens is 2. The number of amides is 1. The maximum atomic E-state index is 13.4. The van der Waals surface area contributed by atoms with Gasteiger partial charge in [0.25, 0.3) is 5.56 Å². The molecule has 1 aliphatic carbocycles. The maximum absolute atomic E-state index is 13.4. The summed E-state index contributed by atoms with van der Waals surface area (Å²) in [7, 11) is 3.06. The van der Waals surface area contributed by atoms with Crippen molar-refractivity contribution in [3.8, 4) is 17.6 Å². The summed E-state index contributed by atoms with van der Waals surface area (Å²) in [6.45, 7) is 0.805. The lowest BCUT2D eigenvalue weighted by Crippen LogP contribution is -2.27. The van der Waals surface area contributed by atoms with Gasteiger partial charge in [0.15, 0.2) is 16.7 Å². The molecule has 1 aliphatic rings. The molecular formula is C23H28N4O4S. The van der Waals surface area contributed by atoms with E-state index in [0.29, 0.717) is 40.6 Å². The number of thioether (sulfide) groups is 1. The van der Waals surface area contributed by atoms with E-state index < -0.39 is 0 Å². The van der Waals surface area contributed by atoms with Gasteiger partial charge in [-0.2, -0.15) is 5.26 Å². The van der Waals surface area contributed by atoms with Crippen molar-refractivity contribution in [2.24, 2.45) is 0 Å². The van der Waals surface area contributed by atoms with Crippen molar-refractivity contribution in [2.75, 3.05) is 26.5 Å². The van der Waals surface area contributed by atoms with Crippen molar-refractivity contribution >= 4 is 28.6 Å². The summed E-state index contributed by atoms with van der Waals surface area (Å²) < 4.78 is 12.4. The van der Waals surface area contributed by atoms with Crippen LogP contribution in [-0.4, -0.2) is 42.0 Å². The molecule has 8 nitrogen and oxygen atoms in total. The molecule has 0 fully saturated rings.